The van der Waals surface area contributed by atoms with Crippen LogP contribution >= 0.6 is 0 Å². The molecule has 0 bridgehead atoms. The molecule has 2 rings (SSSR count). The minimum Gasteiger partial charge on any atom is -0.391 e. The van der Waals surface area contributed by atoms with Gasteiger partial charge < -0.3 is 15.3 Å². The van der Waals surface area contributed by atoms with Gasteiger partial charge in [-0.15, -0.1) is 0 Å². The monoisotopic (exact) mass is 276 g/mol. The molecule has 20 heavy (non-hydrogen) atoms. The number of aliphatic hydroxyl groups excluding tert-OH is 1. The van der Waals surface area contributed by atoms with E-state index < -0.39 is 0 Å². The molecule has 0 radical (unpaired) electrons. The Labute approximate surface area is 123 Å². The van der Waals surface area contributed by atoms with E-state index in [4.69, 9.17) is 0 Å². The molecule has 1 aliphatic carbocycles. The molecule has 1 aliphatic rings. The van der Waals surface area contributed by atoms with E-state index in [0.717, 1.165) is 25.7 Å². The Kier molecular flexibility index (Phi) is 5.44. The molecule has 3 nitrogen and oxygen atoms in total. The van der Waals surface area contributed by atoms with Gasteiger partial charge >= 0.3 is 0 Å². The van der Waals surface area contributed by atoms with Crippen LogP contribution in [0.1, 0.15) is 50.6 Å². The van der Waals surface area contributed by atoms with Crippen molar-refractivity contribution in [3.05, 3.63) is 29.8 Å². The lowest BCUT2D eigenvalue weighted by molar-refractivity contribution is 0.106. The molecule has 0 aliphatic heterocycles. The van der Waals surface area contributed by atoms with E-state index in [2.05, 4.69) is 48.5 Å². The SMILES string of the molecule is CCC(NC)c1ccccc1N(C)C1CCCCC1O. The molecule has 2 N–H and O–H groups in total. The van der Waals surface area contributed by atoms with E-state index in [1.165, 1.54) is 17.7 Å². The average Bonchev–Trinajstić information content (AvgIpc) is 2.49. The Hall–Kier alpha value is -1.06. The zero-order valence-corrected chi connectivity index (χ0v) is 13.0. The molecule has 3 heteroatoms. The Bertz CT molecular complexity index is 417. The third-order valence-electron chi connectivity index (χ3n) is 4.64. The smallest absolute Gasteiger partial charge is 0.0743 e. The van der Waals surface area contributed by atoms with Crippen LogP contribution in [-0.2, 0) is 0 Å². The maximum absolute atomic E-state index is 10.3. The van der Waals surface area contributed by atoms with Crippen LogP contribution in [-0.4, -0.2) is 31.3 Å². The highest BCUT2D eigenvalue weighted by Gasteiger charge is 2.28. The van der Waals surface area contributed by atoms with Gasteiger partial charge in [-0.1, -0.05) is 38.0 Å². The maximum atomic E-state index is 10.3. The lowest BCUT2D eigenvalue weighted by Crippen LogP contribution is -2.44. The molecule has 1 aromatic rings. The lowest BCUT2D eigenvalue weighted by atomic mass is 9.90. The zero-order chi connectivity index (χ0) is 14.5. The molecule has 3 unspecified atom stereocenters. The van der Waals surface area contributed by atoms with Crippen molar-refractivity contribution in [3.63, 3.8) is 0 Å². The molecule has 0 amide bonds. The summed E-state index contributed by atoms with van der Waals surface area (Å²) in [5, 5.41) is 13.7. The van der Waals surface area contributed by atoms with Crippen LogP contribution in [0.3, 0.4) is 0 Å². The van der Waals surface area contributed by atoms with Crippen molar-refractivity contribution in [2.24, 2.45) is 0 Å². The number of para-hydroxylation sites is 1. The van der Waals surface area contributed by atoms with Crippen LogP contribution in [0, 0.1) is 0 Å². The lowest BCUT2D eigenvalue weighted by Gasteiger charge is -2.38. The Balaban J connectivity index is 2.26. The van der Waals surface area contributed by atoms with Crippen molar-refractivity contribution in [1.29, 1.82) is 0 Å². The molecule has 0 heterocycles. The quantitative estimate of drug-likeness (QED) is 0.867. The Morgan fingerprint density at radius 2 is 2.00 bits per heavy atom. The van der Waals surface area contributed by atoms with Crippen LogP contribution in [0.2, 0.25) is 0 Å². The van der Waals surface area contributed by atoms with Crippen molar-refractivity contribution in [3.8, 4) is 0 Å². The summed E-state index contributed by atoms with van der Waals surface area (Å²) >= 11 is 0. The first-order chi connectivity index (χ1) is 9.69. The van der Waals surface area contributed by atoms with Gasteiger partial charge in [0.15, 0.2) is 0 Å². The second-order valence-electron chi connectivity index (χ2n) is 5.84. The van der Waals surface area contributed by atoms with Crippen molar-refractivity contribution < 1.29 is 5.11 Å². The minimum atomic E-state index is -0.198. The predicted octanol–water partition coefficient (Wildman–Crippen LogP) is 3.10. The third kappa shape index (κ3) is 3.15. The number of nitrogens with one attached hydrogen (secondary N) is 1. The number of anilines is 1. The maximum Gasteiger partial charge on any atom is 0.0743 e. The molecule has 1 saturated carbocycles. The molecule has 3 atom stereocenters. The number of hydrogen-bond donors (Lipinski definition) is 2. The van der Waals surface area contributed by atoms with Gasteiger partial charge in [0.05, 0.1) is 12.1 Å². The van der Waals surface area contributed by atoms with Gasteiger partial charge in [0.25, 0.3) is 0 Å². The summed E-state index contributed by atoms with van der Waals surface area (Å²) in [5.74, 6) is 0. The molecule has 0 saturated heterocycles. The van der Waals surface area contributed by atoms with Gasteiger partial charge in [-0.3, -0.25) is 0 Å². The predicted molar refractivity (Wildman–Crippen MR) is 85.2 cm³/mol. The minimum absolute atomic E-state index is 0.198. The summed E-state index contributed by atoms with van der Waals surface area (Å²) in [4.78, 5) is 2.29. The fourth-order valence-corrected chi connectivity index (χ4v) is 3.41. The largest absolute Gasteiger partial charge is 0.391 e. The first kappa shape index (κ1) is 15.3. The summed E-state index contributed by atoms with van der Waals surface area (Å²) in [7, 11) is 4.14. The standard InChI is InChI=1S/C17H28N2O/c1-4-14(18-2)13-9-5-6-10-15(13)19(3)16-11-7-8-12-17(16)20/h5-6,9-10,14,16-18,20H,4,7-8,11-12H2,1-3H3. The van der Waals surface area contributed by atoms with Crippen molar-refractivity contribution in [2.45, 2.75) is 57.2 Å². The summed E-state index contributed by atoms with van der Waals surface area (Å²) in [6.07, 6.45) is 5.26. The van der Waals surface area contributed by atoms with Crippen molar-refractivity contribution in [1.82, 2.24) is 5.32 Å². The van der Waals surface area contributed by atoms with E-state index in [1.54, 1.807) is 0 Å². The first-order valence-electron chi connectivity index (χ1n) is 7.86. The molecular formula is C17H28N2O. The summed E-state index contributed by atoms with van der Waals surface area (Å²) in [5.41, 5.74) is 2.58. The summed E-state index contributed by atoms with van der Waals surface area (Å²) in [6.45, 7) is 2.20. The molecule has 0 aromatic heterocycles. The summed E-state index contributed by atoms with van der Waals surface area (Å²) in [6, 6.07) is 9.19. The number of nitrogens with zero attached hydrogens (tertiary/aromatic N) is 1. The van der Waals surface area contributed by atoms with Gasteiger partial charge in [-0.25, -0.2) is 0 Å². The fourth-order valence-electron chi connectivity index (χ4n) is 3.41. The first-order valence-corrected chi connectivity index (χ1v) is 7.86. The highest BCUT2D eigenvalue weighted by molar-refractivity contribution is 5.55. The van der Waals surface area contributed by atoms with Gasteiger partial charge in [0, 0.05) is 18.8 Å². The molecular weight excluding hydrogens is 248 g/mol. The van der Waals surface area contributed by atoms with Gasteiger partial charge in [-0.05, 0) is 37.9 Å². The second kappa shape index (κ2) is 7.09. The van der Waals surface area contributed by atoms with Crippen molar-refractivity contribution >= 4 is 5.69 Å². The number of hydrogen-bond acceptors (Lipinski definition) is 3. The zero-order valence-electron chi connectivity index (χ0n) is 13.0. The number of aliphatic hydroxyl groups is 1. The van der Waals surface area contributed by atoms with E-state index in [9.17, 15) is 5.11 Å². The molecule has 0 spiro atoms. The number of likely N-dealkylation sites (N-methyl/N-ethyl adjacent to an activating group) is 1. The van der Waals surface area contributed by atoms with E-state index in [0.29, 0.717) is 6.04 Å². The molecule has 1 aromatic carbocycles. The van der Waals surface area contributed by atoms with Gasteiger partial charge in [-0.2, -0.15) is 0 Å². The normalized spacial score (nSPS) is 24.4. The van der Waals surface area contributed by atoms with Crippen LogP contribution in [0.4, 0.5) is 5.69 Å². The van der Waals surface area contributed by atoms with Crippen LogP contribution < -0.4 is 10.2 Å². The van der Waals surface area contributed by atoms with E-state index in [-0.39, 0.29) is 12.1 Å². The highest BCUT2D eigenvalue weighted by Crippen LogP contribution is 2.32. The summed E-state index contributed by atoms with van der Waals surface area (Å²) < 4.78 is 0. The van der Waals surface area contributed by atoms with Gasteiger partial charge in [0.1, 0.15) is 0 Å². The van der Waals surface area contributed by atoms with Gasteiger partial charge in [0.2, 0.25) is 0 Å². The third-order valence-corrected chi connectivity index (χ3v) is 4.64. The van der Waals surface area contributed by atoms with E-state index in [1.807, 2.05) is 7.05 Å². The number of rotatable bonds is 5. The average molecular weight is 276 g/mol. The molecule has 112 valence electrons. The topological polar surface area (TPSA) is 35.5 Å². The number of benzene rings is 1. The van der Waals surface area contributed by atoms with Crippen LogP contribution in [0.25, 0.3) is 0 Å². The van der Waals surface area contributed by atoms with Crippen molar-refractivity contribution in [2.75, 3.05) is 19.0 Å². The molecule has 1 fully saturated rings. The Morgan fingerprint density at radius 3 is 2.65 bits per heavy atom. The second-order valence-corrected chi connectivity index (χ2v) is 5.84. The van der Waals surface area contributed by atoms with Crippen LogP contribution in [0.15, 0.2) is 24.3 Å². The Morgan fingerprint density at radius 1 is 1.30 bits per heavy atom. The van der Waals surface area contributed by atoms with E-state index >= 15 is 0 Å². The fraction of sp³-hybridized carbons (Fsp3) is 0.647. The van der Waals surface area contributed by atoms with Crippen LogP contribution in [0.5, 0.6) is 0 Å². The highest BCUT2D eigenvalue weighted by atomic mass is 16.3.